The lowest BCUT2D eigenvalue weighted by Gasteiger charge is -2.15. The van der Waals surface area contributed by atoms with Crippen LogP contribution in [0.25, 0.3) is 33.3 Å². The molecule has 6 rings (SSSR count). The molecule has 3 N–H and O–H groups in total. The number of ether oxygens (including phenoxy) is 1. The summed E-state index contributed by atoms with van der Waals surface area (Å²) in [7, 11) is -1.18. The number of pyridine rings is 1. The molecule has 37 heavy (non-hydrogen) atoms. The van der Waals surface area contributed by atoms with Crippen LogP contribution in [-0.4, -0.2) is 39.4 Å². The molecule has 9 nitrogen and oxygen atoms in total. The Bertz CT molecular complexity index is 1570. The minimum atomic E-state index is -1.18. The van der Waals surface area contributed by atoms with Crippen molar-refractivity contribution < 1.29 is 9.15 Å². The number of hydrogen-bond acceptors (Lipinski definition) is 8. The summed E-state index contributed by atoms with van der Waals surface area (Å²) >= 11 is 0. The zero-order valence-corrected chi connectivity index (χ0v) is 22.4. The van der Waals surface area contributed by atoms with Crippen molar-refractivity contribution >= 4 is 47.5 Å². The van der Waals surface area contributed by atoms with E-state index in [0.717, 1.165) is 64.4 Å². The van der Waals surface area contributed by atoms with Crippen LogP contribution in [0.4, 0.5) is 17.5 Å². The van der Waals surface area contributed by atoms with E-state index in [1.807, 2.05) is 22.9 Å². The lowest BCUT2D eigenvalue weighted by atomic mass is 10.1. The Balaban J connectivity index is 1.33. The maximum absolute atomic E-state index is 6.21. The number of nitrogens with two attached hydrogens (primary N) is 1. The molecule has 0 amide bonds. The fourth-order valence-electron chi connectivity index (χ4n) is 4.43. The van der Waals surface area contributed by atoms with Gasteiger partial charge >= 0.3 is 0 Å². The number of benzene rings is 1. The first kappa shape index (κ1) is 23.6. The zero-order chi connectivity index (χ0) is 25.6. The van der Waals surface area contributed by atoms with Gasteiger partial charge in [0.25, 0.3) is 0 Å². The smallest absolute Gasteiger partial charge is 0.229 e. The molecule has 4 aromatic heterocycles. The third kappa shape index (κ3) is 4.94. The first-order chi connectivity index (χ1) is 17.9. The van der Waals surface area contributed by atoms with Crippen LogP contribution in [0.5, 0.6) is 0 Å². The van der Waals surface area contributed by atoms with Crippen molar-refractivity contribution in [3.05, 3.63) is 54.6 Å². The lowest BCUT2D eigenvalue weighted by Crippen LogP contribution is -2.22. The fourth-order valence-corrected chi connectivity index (χ4v) is 5.19. The molecule has 0 saturated heterocycles. The fraction of sp³-hybridized carbons (Fsp3) is 0.333. The molecule has 0 aliphatic heterocycles. The molecule has 0 unspecified atom stereocenters. The lowest BCUT2D eigenvalue weighted by molar-refractivity contribution is 0.0819. The number of nitrogens with zero attached hydrogens (tertiary/aromatic N) is 5. The molecule has 0 bridgehead atoms. The third-order valence-corrected chi connectivity index (χ3v) is 8.36. The van der Waals surface area contributed by atoms with Gasteiger partial charge < -0.3 is 20.2 Å². The Morgan fingerprint density at radius 3 is 2.70 bits per heavy atom. The summed E-state index contributed by atoms with van der Waals surface area (Å²) in [6, 6.07) is 11.2. The Kier molecular flexibility index (Phi) is 5.92. The second kappa shape index (κ2) is 9.27. The van der Waals surface area contributed by atoms with E-state index in [4.69, 9.17) is 25.0 Å². The maximum Gasteiger partial charge on any atom is 0.229 e. The van der Waals surface area contributed by atoms with Crippen LogP contribution < -0.4 is 11.1 Å². The van der Waals surface area contributed by atoms with Crippen LogP contribution >= 0.6 is 0 Å². The van der Waals surface area contributed by atoms with Crippen molar-refractivity contribution in [2.75, 3.05) is 17.7 Å². The van der Waals surface area contributed by atoms with Crippen LogP contribution in [0, 0.1) is 0 Å². The van der Waals surface area contributed by atoms with Crippen LogP contribution in [0.1, 0.15) is 24.3 Å². The van der Waals surface area contributed by atoms with E-state index in [0.29, 0.717) is 30.0 Å². The average molecular weight is 514 g/mol. The average Bonchev–Trinajstić information content (AvgIpc) is 3.52. The van der Waals surface area contributed by atoms with Gasteiger partial charge in [0.15, 0.2) is 11.4 Å². The number of fused-ring (bicyclic) bond motifs is 2. The van der Waals surface area contributed by atoms with Gasteiger partial charge in [-0.25, -0.2) is 9.67 Å². The van der Waals surface area contributed by atoms with Gasteiger partial charge in [0, 0.05) is 49.3 Å². The van der Waals surface area contributed by atoms with Gasteiger partial charge in [0.2, 0.25) is 5.95 Å². The number of anilines is 3. The van der Waals surface area contributed by atoms with E-state index >= 15 is 0 Å². The predicted molar refractivity (Wildman–Crippen MR) is 149 cm³/mol. The van der Waals surface area contributed by atoms with E-state index in [9.17, 15) is 0 Å². The molecule has 190 valence electrons. The molecule has 1 aliphatic rings. The molecule has 0 atom stereocenters. The summed E-state index contributed by atoms with van der Waals surface area (Å²) in [4.78, 5) is 13.3. The Morgan fingerprint density at radius 2 is 1.95 bits per heavy atom. The largest absolute Gasteiger partial charge is 0.458 e. The van der Waals surface area contributed by atoms with Gasteiger partial charge in [-0.2, -0.15) is 10.1 Å². The molecule has 1 aromatic carbocycles. The van der Waals surface area contributed by atoms with Gasteiger partial charge in [0.1, 0.15) is 17.9 Å². The second-order valence-corrected chi connectivity index (χ2v) is 16.5. The van der Waals surface area contributed by atoms with Crippen LogP contribution in [0.15, 0.2) is 53.4 Å². The van der Waals surface area contributed by atoms with E-state index in [-0.39, 0.29) is 0 Å². The highest BCUT2D eigenvalue weighted by Crippen LogP contribution is 2.44. The Morgan fingerprint density at radius 1 is 1.14 bits per heavy atom. The molecule has 5 aromatic rings. The molecule has 1 fully saturated rings. The van der Waals surface area contributed by atoms with Gasteiger partial charge in [-0.1, -0.05) is 19.6 Å². The maximum atomic E-state index is 6.21. The molecule has 0 spiro atoms. The van der Waals surface area contributed by atoms with Crippen LogP contribution in [0.3, 0.4) is 0 Å². The van der Waals surface area contributed by atoms with E-state index in [1.54, 1.807) is 18.7 Å². The molecule has 4 heterocycles. The first-order valence-electron chi connectivity index (χ1n) is 12.7. The van der Waals surface area contributed by atoms with E-state index in [1.165, 1.54) is 0 Å². The summed E-state index contributed by atoms with van der Waals surface area (Å²) < 4.78 is 13.6. The molecule has 1 saturated carbocycles. The van der Waals surface area contributed by atoms with Gasteiger partial charge in [-0.15, -0.1) is 0 Å². The second-order valence-electron chi connectivity index (χ2n) is 10.9. The molecular formula is C27H31N7O2Si. The van der Waals surface area contributed by atoms with Crippen molar-refractivity contribution in [1.29, 1.82) is 0 Å². The normalized spacial score (nSPS) is 14.0. The molecular weight excluding hydrogens is 482 g/mol. The summed E-state index contributed by atoms with van der Waals surface area (Å²) in [6.07, 6.45) is 7.64. The first-order valence-corrected chi connectivity index (χ1v) is 16.4. The minimum Gasteiger partial charge on any atom is -0.458 e. The quantitative estimate of drug-likeness (QED) is 0.178. The topological polar surface area (TPSA) is 117 Å². The van der Waals surface area contributed by atoms with Crippen LogP contribution in [0.2, 0.25) is 25.7 Å². The minimum absolute atomic E-state index is 0.335. The van der Waals surface area contributed by atoms with Crippen molar-refractivity contribution in [1.82, 2.24) is 24.7 Å². The number of furan rings is 1. The highest BCUT2D eigenvalue weighted by molar-refractivity contribution is 6.76. The standard InChI is InChI=1S/C27H31N7O2Si/c1-37(2,3)13-12-35-16-34-22-14-19(6-7-20(22)23(33-34)18-8-10-29-11-9-18)30-27-31-24-21(17-4-5-17)15-36-25(24)26(28)32-27/h6-11,14-15,17H,4-5,12-13,16H2,1-3H3,(H3,28,30,31,32). The molecule has 10 heteroatoms. The highest BCUT2D eigenvalue weighted by Gasteiger charge is 2.29. The summed E-state index contributed by atoms with van der Waals surface area (Å²) in [5.74, 6) is 1.28. The Hall–Kier alpha value is -3.76. The predicted octanol–water partition coefficient (Wildman–Crippen LogP) is 6.15. The SMILES string of the molecule is C[Si](C)(C)CCOCn1nc(-c2ccncc2)c2ccc(Nc3nc(N)c4occ(C5CC5)c4n3)cc21. The van der Waals surface area contributed by atoms with E-state index in [2.05, 4.69) is 47.1 Å². The number of nitrogen functional groups attached to an aromatic ring is 1. The Labute approximate surface area is 216 Å². The number of hydrogen-bond donors (Lipinski definition) is 2. The van der Waals surface area contributed by atoms with Crippen molar-refractivity contribution in [3.8, 4) is 11.3 Å². The van der Waals surface area contributed by atoms with Crippen molar-refractivity contribution in [2.45, 2.75) is 51.2 Å². The van der Waals surface area contributed by atoms with Gasteiger partial charge in [-0.3, -0.25) is 4.98 Å². The third-order valence-electron chi connectivity index (χ3n) is 6.66. The number of rotatable bonds is 9. The highest BCUT2D eigenvalue weighted by atomic mass is 28.3. The number of nitrogens with one attached hydrogen (secondary N) is 1. The zero-order valence-electron chi connectivity index (χ0n) is 21.4. The van der Waals surface area contributed by atoms with E-state index < -0.39 is 8.07 Å². The van der Waals surface area contributed by atoms with Gasteiger partial charge in [-0.05, 0) is 55.1 Å². The number of aromatic nitrogens is 5. The van der Waals surface area contributed by atoms with Crippen LogP contribution in [-0.2, 0) is 11.5 Å². The summed E-state index contributed by atoms with van der Waals surface area (Å²) in [6.45, 7) is 8.15. The molecule has 1 aliphatic carbocycles. The van der Waals surface area contributed by atoms with Crippen molar-refractivity contribution in [3.63, 3.8) is 0 Å². The van der Waals surface area contributed by atoms with Gasteiger partial charge in [0.05, 0.1) is 11.8 Å². The monoisotopic (exact) mass is 513 g/mol. The van der Waals surface area contributed by atoms with Crippen molar-refractivity contribution in [2.24, 2.45) is 0 Å². The summed E-state index contributed by atoms with van der Waals surface area (Å²) in [5, 5.41) is 9.28. The molecule has 0 radical (unpaired) electrons. The summed E-state index contributed by atoms with van der Waals surface area (Å²) in [5.41, 5.74) is 12.4.